The molecule has 1 saturated heterocycles. The third-order valence-electron chi connectivity index (χ3n) is 3.23. The van der Waals surface area contributed by atoms with Gasteiger partial charge in [-0.15, -0.1) is 11.8 Å². The first-order chi connectivity index (χ1) is 10.8. The third-order valence-corrected chi connectivity index (χ3v) is 4.27. The lowest BCUT2D eigenvalue weighted by Crippen LogP contribution is -2.40. The molecule has 0 spiro atoms. The monoisotopic (exact) mass is 313 g/mol. The van der Waals surface area contributed by atoms with E-state index < -0.39 is 0 Å². The molecule has 2 aromatic rings. The van der Waals surface area contributed by atoms with Crippen molar-refractivity contribution in [3.63, 3.8) is 0 Å². The zero-order valence-electron chi connectivity index (χ0n) is 11.7. The van der Waals surface area contributed by atoms with E-state index in [9.17, 15) is 9.90 Å². The number of aromatic hydroxyl groups is 1. The van der Waals surface area contributed by atoms with Crippen LogP contribution in [0.4, 0.5) is 5.69 Å². The number of hydrazone groups is 1. The smallest absolute Gasteiger partial charge is 0.239 e. The van der Waals surface area contributed by atoms with Crippen LogP contribution in [0.1, 0.15) is 5.56 Å². The molecule has 6 heteroatoms. The van der Waals surface area contributed by atoms with Crippen LogP contribution in [0.25, 0.3) is 0 Å². The minimum absolute atomic E-state index is 0.0476. The van der Waals surface area contributed by atoms with Crippen molar-refractivity contribution >= 4 is 29.6 Å². The van der Waals surface area contributed by atoms with Crippen LogP contribution >= 0.6 is 11.8 Å². The Labute approximate surface area is 132 Å². The van der Waals surface area contributed by atoms with Gasteiger partial charge in [-0.2, -0.15) is 5.10 Å². The number of nitrogens with one attached hydrogen (secondary N) is 1. The molecule has 3 rings (SSSR count). The van der Waals surface area contributed by atoms with E-state index in [-0.39, 0.29) is 17.2 Å². The summed E-state index contributed by atoms with van der Waals surface area (Å²) >= 11 is 1.48. The molecule has 1 atom stereocenters. The molecule has 1 aliphatic heterocycles. The average Bonchev–Trinajstić information content (AvgIpc) is 2.91. The summed E-state index contributed by atoms with van der Waals surface area (Å²) in [5.74, 6) is 0.633. The number of phenolic OH excluding ortho intramolecular Hbond substituents is 1. The molecule has 1 heterocycles. The molecule has 2 aromatic carbocycles. The number of nitrogens with zero attached hydrogens (tertiary/aromatic N) is 2. The van der Waals surface area contributed by atoms with Crippen molar-refractivity contribution in [2.75, 3.05) is 10.7 Å². The molecule has 2 N–H and O–H groups in total. The van der Waals surface area contributed by atoms with E-state index in [1.165, 1.54) is 11.8 Å². The highest BCUT2D eigenvalue weighted by Gasteiger charge is 2.32. The van der Waals surface area contributed by atoms with E-state index in [1.54, 1.807) is 29.3 Å². The molecule has 0 saturated carbocycles. The fourth-order valence-corrected chi connectivity index (χ4v) is 3.12. The van der Waals surface area contributed by atoms with Crippen LogP contribution in [0, 0.1) is 0 Å². The summed E-state index contributed by atoms with van der Waals surface area (Å²) in [5, 5.41) is 13.8. The highest BCUT2D eigenvalue weighted by atomic mass is 32.2. The van der Waals surface area contributed by atoms with Crippen LogP contribution < -0.4 is 10.3 Å². The molecule has 0 radical (unpaired) electrons. The zero-order chi connectivity index (χ0) is 15.4. The maximum atomic E-state index is 12.0. The van der Waals surface area contributed by atoms with Gasteiger partial charge in [0.2, 0.25) is 5.91 Å². The predicted octanol–water partition coefficient (Wildman–Crippen LogP) is 2.38. The maximum Gasteiger partial charge on any atom is 0.239 e. The van der Waals surface area contributed by atoms with Gasteiger partial charge in [-0.1, -0.05) is 30.3 Å². The van der Waals surface area contributed by atoms with Crippen molar-refractivity contribution < 1.29 is 9.90 Å². The summed E-state index contributed by atoms with van der Waals surface area (Å²) in [5.41, 5.74) is 4.17. The Kier molecular flexibility index (Phi) is 4.29. The number of carbonyl (C=O) groups is 1. The zero-order valence-corrected chi connectivity index (χ0v) is 12.5. The number of amides is 1. The Bertz CT molecular complexity index is 691. The second-order valence-corrected chi connectivity index (χ2v) is 5.78. The number of carbonyl (C=O) groups excluding carboxylic acids is 1. The molecular weight excluding hydrogens is 298 g/mol. The standard InChI is InChI=1S/C16H15N3O2S/c20-14-9-5-4-6-12(14)10-17-18-16-19(15(21)11-22-16)13-7-2-1-3-8-13/h1-10,16,18,20H,11H2/b17-10+. The van der Waals surface area contributed by atoms with E-state index in [0.717, 1.165) is 5.69 Å². The summed E-state index contributed by atoms with van der Waals surface area (Å²) in [6.45, 7) is 0. The fourth-order valence-electron chi connectivity index (χ4n) is 2.16. The highest BCUT2D eigenvalue weighted by Crippen LogP contribution is 2.28. The second-order valence-electron chi connectivity index (χ2n) is 4.71. The van der Waals surface area contributed by atoms with Crippen molar-refractivity contribution in [3.05, 3.63) is 60.2 Å². The number of hydrogen-bond donors (Lipinski definition) is 2. The lowest BCUT2D eigenvalue weighted by Gasteiger charge is -2.23. The number of phenols is 1. The van der Waals surface area contributed by atoms with Gasteiger partial charge in [-0.3, -0.25) is 15.1 Å². The SMILES string of the molecule is O=C1CSC(N/N=C/c2ccccc2O)N1c1ccccc1. The van der Waals surface area contributed by atoms with Gasteiger partial charge in [0.15, 0.2) is 5.50 Å². The Morgan fingerprint density at radius 1 is 1.18 bits per heavy atom. The molecule has 22 heavy (non-hydrogen) atoms. The van der Waals surface area contributed by atoms with Gasteiger partial charge in [0, 0.05) is 11.3 Å². The van der Waals surface area contributed by atoms with Gasteiger partial charge in [0.05, 0.1) is 12.0 Å². The summed E-state index contributed by atoms with van der Waals surface area (Å²) in [7, 11) is 0. The Morgan fingerprint density at radius 2 is 1.91 bits per heavy atom. The number of rotatable bonds is 4. The average molecular weight is 313 g/mol. The summed E-state index contributed by atoms with van der Waals surface area (Å²) < 4.78 is 0. The third kappa shape index (κ3) is 3.07. The van der Waals surface area contributed by atoms with Crippen molar-refractivity contribution in [1.82, 2.24) is 5.43 Å². The van der Waals surface area contributed by atoms with E-state index in [2.05, 4.69) is 10.5 Å². The normalized spacial score (nSPS) is 18.1. The number of anilines is 1. The van der Waals surface area contributed by atoms with Gasteiger partial charge in [0.25, 0.3) is 0 Å². The molecule has 0 bridgehead atoms. The molecule has 1 unspecified atom stereocenters. The first-order valence-electron chi connectivity index (χ1n) is 6.81. The molecule has 1 fully saturated rings. The van der Waals surface area contributed by atoms with Crippen molar-refractivity contribution in [2.45, 2.75) is 5.50 Å². The minimum atomic E-state index is -0.253. The van der Waals surface area contributed by atoms with E-state index in [1.807, 2.05) is 36.4 Å². The number of thioether (sulfide) groups is 1. The van der Waals surface area contributed by atoms with Gasteiger partial charge < -0.3 is 5.11 Å². The van der Waals surface area contributed by atoms with Crippen molar-refractivity contribution in [2.24, 2.45) is 5.10 Å². The fraction of sp³-hybridized carbons (Fsp3) is 0.125. The van der Waals surface area contributed by atoms with Gasteiger partial charge in [-0.05, 0) is 24.3 Å². The van der Waals surface area contributed by atoms with Gasteiger partial charge in [0.1, 0.15) is 5.75 Å². The molecule has 0 aromatic heterocycles. The largest absolute Gasteiger partial charge is 0.507 e. The van der Waals surface area contributed by atoms with Crippen LogP contribution in [-0.4, -0.2) is 28.5 Å². The van der Waals surface area contributed by atoms with Crippen molar-refractivity contribution in [3.8, 4) is 5.75 Å². The molecule has 5 nitrogen and oxygen atoms in total. The van der Waals surface area contributed by atoms with E-state index in [4.69, 9.17) is 0 Å². The van der Waals surface area contributed by atoms with E-state index in [0.29, 0.717) is 11.3 Å². The molecule has 1 aliphatic rings. The number of hydrogen-bond acceptors (Lipinski definition) is 5. The van der Waals surface area contributed by atoms with Crippen LogP contribution in [0.15, 0.2) is 59.7 Å². The predicted molar refractivity (Wildman–Crippen MR) is 89.0 cm³/mol. The number of para-hydroxylation sites is 2. The quantitative estimate of drug-likeness (QED) is 0.672. The Morgan fingerprint density at radius 3 is 2.68 bits per heavy atom. The van der Waals surface area contributed by atoms with Crippen molar-refractivity contribution in [1.29, 1.82) is 0 Å². The molecule has 112 valence electrons. The summed E-state index contributed by atoms with van der Waals surface area (Å²) in [6.07, 6.45) is 1.54. The Balaban J connectivity index is 1.72. The lowest BCUT2D eigenvalue weighted by molar-refractivity contribution is -0.115. The first kappa shape index (κ1) is 14.5. The van der Waals surface area contributed by atoms with Gasteiger partial charge >= 0.3 is 0 Å². The van der Waals surface area contributed by atoms with Crippen LogP contribution in [0.2, 0.25) is 0 Å². The topological polar surface area (TPSA) is 64.9 Å². The van der Waals surface area contributed by atoms with Gasteiger partial charge in [-0.25, -0.2) is 0 Å². The minimum Gasteiger partial charge on any atom is -0.507 e. The summed E-state index contributed by atoms with van der Waals surface area (Å²) in [6, 6.07) is 16.4. The van der Waals surface area contributed by atoms with E-state index >= 15 is 0 Å². The second kappa shape index (κ2) is 6.53. The lowest BCUT2D eigenvalue weighted by atomic mass is 10.2. The highest BCUT2D eigenvalue weighted by molar-refractivity contribution is 8.01. The van der Waals surface area contributed by atoms with Crippen LogP contribution in [0.3, 0.4) is 0 Å². The first-order valence-corrected chi connectivity index (χ1v) is 7.86. The Hall–Kier alpha value is -2.47. The molecule has 1 amide bonds. The van der Waals surface area contributed by atoms with Crippen LogP contribution in [0.5, 0.6) is 5.75 Å². The number of benzene rings is 2. The maximum absolute atomic E-state index is 12.0. The molecule has 0 aliphatic carbocycles. The van der Waals surface area contributed by atoms with Crippen LogP contribution in [-0.2, 0) is 4.79 Å². The molecular formula is C16H15N3O2S. The summed E-state index contributed by atoms with van der Waals surface area (Å²) in [4.78, 5) is 13.7.